The fourth-order valence-corrected chi connectivity index (χ4v) is 12.0. The highest BCUT2D eigenvalue weighted by Crippen LogP contribution is 2.67. The smallest absolute Gasteiger partial charge is 0.0921 e. The van der Waals surface area contributed by atoms with E-state index in [4.69, 9.17) is 0 Å². The fourth-order valence-electron chi connectivity index (χ4n) is 9.29. The summed E-state index contributed by atoms with van der Waals surface area (Å²) in [6, 6.07) is 0. The van der Waals surface area contributed by atoms with Crippen LogP contribution in [0.3, 0.4) is 0 Å². The van der Waals surface area contributed by atoms with Crippen molar-refractivity contribution in [3.05, 3.63) is 29.9 Å². The number of imidazole rings is 1. The zero-order valence-electron chi connectivity index (χ0n) is 23.0. The van der Waals surface area contributed by atoms with Crippen LogP contribution in [0.15, 0.2) is 24.2 Å². The van der Waals surface area contributed by atoms with E-state index in [0.29, 0.717) is 10.8 Å². The Hall–Kier alpha value is -0.350. The van der Waals surface area contributed by atoms with Crippen molar-refractivity contribution in [2.75, 3.05) is 0 Å². The molecule has 0 amide bonds. The maximum absolute atomic E-state index is 4.16. The van der Waals surface area contributed by atoms with Crippen molar-refractivity contribution in [1.29, 1.82) is 0 Å². The van der Waals surface area contributed by atoms with Crippen LogP contribution in [-0.4, -0.2) is 15.2 Å². The van der Waals surface area contributed by atoms with E-state index in [1.54, 1.807) is 6.33 Å². The number of nitrogens with one attached hydrogen (secondary N) is 1. The first kappa shape index (κ1) is 26.3. The Morgan fingerprint density at radius 1 is 1.06 bits per heavy atom. The van der Waals surface area contributed by atoms with Gasteiger partial charge < -0.3 is 4.98 Å². The maximum atomic E-state index is 4.16. The lowest BCUT2D eigenvalue weighted by Gasteiger charge is -2.58. The van der Waals surface area contributed by atoms with E-state index in [-0.39, 0.29) is 0 Å². The van der Waals surface area contributed by atoms with Crippen LogP contribution in [0.2, 0.25) is 0 Å². The molecule has 4 heteroatoms. The average molecular weight is 515 g/mol. The normalized spacial score (nSPS) is 39.6. The summed E-state index contributed by atoms with van der Waals surface area (Å²) in [4.78, 5) is 7.41. The second-order valence-electron chi connectivity index (χ2n) is 13.6. The monoisotopic (exact) mass is 514 g/mol. The summed E-state index contributed by atoms with van der Waals surface area (Å²) >= 11 is 0. The molecule has 4 aliphatic rings. The van der Waals surface area contributed by atoms with E-state index in [0.717, 1.165) is 46.5 Å². The third-order valence-corrected chi connectivity index (χ3v) is 14.1. The highest BCUT2D eigenvalue weighted by molar-refractivity contribution is 8.76. The molecule has 2 nitrogen and oxygen atoms in total. The molecule has 3 saturated carbocycles. The predicted octanol–water partition coefficient (Wildman–Crippen LogP) is 9.70. The van der Waals surface area contributed by atoms with Gasteiger partial charge in [-0.1, -0.05) is 87.1 Å². The van der Waals surface area contributed by atoms with Crippen LogP contribution in [0.5, 0.6) is 0 Å². The van der Waals surface area contributed by atoms with E-state index in [1.807, 2.05) is 22.6 Å². The molecule has 8 unspecified atom stereocenters. The largest absolute Gasteiger partial charge is 0.348 e. The Kier molecular flexibility index (Phi) is 8.10. The first-order valence-electron chi connectivity index (χ1n) is 14.8. The Labute approximate surface area is 223 Å². The third kappa shape index (κ3) is 5.18. The van der Waals surface area contributed by atoms with Crippen molar-refractivity contribution in [2.24, 2.45) is 46.3 Å². The van der Waals surface area contributed by atoms with Gasteiger partial charge in [-0.3, -0.25) is 0 Å². The molecule has 8 atom stereocenters. The van der Waals surface area contributed by atoms with Crippen molar-refractivity contribution >= 4 is 21.6 Å². The number of hydrogen-bond acceptors (Lipinski definition) is 3. The van der Waals surface area contributed by atoms with Gasteiger partial charge >= 0.3 is 0 Å². The Morgan fingerprint density at radius 3 is 2.69 bits per heavy atom. The second kappa shape index (κ2) is 10.8. The second-order valence-corrected chi connectivity index (χ2v) is 16.3. The van der Waals surface area contributed by atoms with Crippen molar-refractivity contribution in [1.82, 2.24) is 9.97 Å². The quantitative estimate of drug-likeness (QED) is 0.262. The van der Waals surface area contributed by atoms with Crippen LogP contribution in [0.25, 0.3) is 0 Å². The first-order chi connectivity index (χ1) is 16.8. The lowest BCUT2D eigenvalue weighted by atomic mass is 9.47. The zero-order valence-corrected chi connectivity index (χ0v) is 24.7. The van der Waals surface area contributed by atoms with Crippen LogP contribution >= 0.6 is 21.6 Å². The van der Waals surface area contributed by atoms with Crippen molar-refractivity contribution in [3.8, 4) is 0 Å². The van der Waals surface area contributed by atoms with Crippen LogP contribution in [-0.2, 0) is 5.75 Å². The molecule has 3 fully saturated rings. The zero-order chi connectivity index (χ0) is 24.6. The predicted molar refractivity (Wildman–Crippen MR) is 154 cm³/mol. The van der Waals surface area contributed by atoms with Gasteiger partial charge in [-0.2, -0.15) is 0 Å². The molecule has 0 spiro atoms. The number of aromatic nitrogens is 2. The number of allylic oxidation sites excluding steroid dienone is 2. The van der Waals surface area contributed by atoms with Crippen LogP contribution < -0.4 is 0 Å². The summed E-state index contributed by atoms with van der Waals surface area (Å²) in [7, 11) is 4.15. The molecule has 1 aromatic heterocycles. The number of rotatable bonds is 9. The summed E-state index contributed by atoms with van der Waals surface area (Å²) in [6.45, 7) is 12.8. The van der Waals surface area contributed by atoms with E-state index in [2.05, 4.69) is 61.5 Å². The van der Waals surface area contributed by atoms with Gasteiger partial charge in [-0.05, 0) is 97.7 Å². The molecule has 5 rings (SSSR count). The molecule has 1 heterocycles. The Bertz CT molecular complexity index is 863. The molecule has 1 N–H and O–H groups in total. The summed E-state index contributed by atoms with van der Waals surface area (Å²) < 4.78 is 0. The standard InChI is InChI=1S/C31H50N2S2/c1-21(2)7-6-8-22(3)27-11-12-28-26-10-9-23-17-25(35-34-19-24-18-32-20-33-24)13-15-30(23,4)29(26)14-16-31(27,28)5/h9,18,20-22,25-29H,6-8,10-17,19H2,1-5H3,(H,32,33). The number of nitrogens with zero attached hydrogens (tertiary/aromatic N) is 1. The molecule has 35 heavy (non-hydrogen) atoms. The van der Waals surface area contributed by atoms with E-state index >= 15 is 0 Å². The average Bonchev–Trinajstić information content (AvgIpc) is 3.46. The van der Waals surface area contributed by atoms with Gasteiger partial charge in [-0.25, -0.2) is 4.98 Å². The van der Waals surface area contributed by atoms with Gasteiger partial charge in [0, 0.05) is 22.9 Å². The molecule has 4 aliphatic carbocycles. The minimum Gasteiger partial charge on any atom is -0.348 e. The summed E-state index contributed by atoms with van der Waals surface area (Å²) in [5.41, 5.74) is 4.18. The molecule has 0 saturated heterocycles. The molecule has 1 aromatic rings. The van der Waals surface area contributed by atoms with Gasteiger partial charge in [0.25, 0.3) is 0 Å². The van der Waals surface area contributed by atoms with Gasteiger partial charge in [0.2, 0.25) is 0 Å². The van der Waals surface area contributed by atoms with Gasteiger partial charge in [-0.15, -0.1) is 0 Å². The topological polar surface area (TPSA) is 28.7 Å². The summed E-state index contributed by atoms with van der Waals surface area (Å²) in [6.07, 6.45) is 22.4. The van der Waals surface area contributed by atoms with Gasteiger partial charge in [0.05, 0.1) is 6.33 Å². The third-order valence-electron chi connectivity index (χ3n) is 11.2. The highest BCUT2D eigenvalue weighted by Gasteiger charge is 2.59. The Morgan fingerprint density at radius 2 is 1.91 bits per heavy atom. The van der Waals surface area contributed by atoms with Crippen molar-refractivity contribution in [2.45, 2.75) is 116 Å². The highest BCUT2D eigenvalue weighted by atomic mass is 33.1. The molecule has 196 valence electrons. The van der Waals surface area contributed by atoms with Gasteiger partial charge in [0.1, 0.15) is 0 Å². The van der Waals surface area contributed by atoms with Gasteiger partial charge in [0.15, 0.2) is 0 Å². The maximum Gasteiger partial charge on any atom is 0.0921 e. The number of fused-ring (bicyclic) bond motifs is 5. The fraction of sp³-hybridized carbons (Fsp3) is 0.839. The van der Waals surface area contributed by atoms with E-state index < -0.39 is 0 Å². The molecule has 0 bridgehead atoms. The van der Waals surface area contributed by atoms with E-state index in [1.165, 1.54) is 76.3 Å². The number of aromatic amines is 1. The molecular formula is C31H50N2S2. The lowest BCUT2D eigenvalue weighted by molar-refractivity contribution is -0.0497. The molecule has 0 aromatic carbocycles. The van der Waals surface area contributed by atoms with Crippen LogP contribution in [0, 0.1) is 46.3 Å². The molecular weight excluding hydrogens is 464 g/mol. The number of hydrogen-bond donors (Lipinski definition) is 1. The Balaban J connectivity index is 1.21. The van der Waals surface area contributed by atoms with Crippen LogP contribution in [0.4, 0.5) is 0 Å². The summed E-state index contributed by atoms with van der Waals surface area (Å²) in [5.74, 6) is 6.66. The minimum atomic E-state index is 0.482. The summed E-state index contributed by atoms with van der Waals surface area (Å²) in [5, 5.41) is 0.787. The lowest BCUT2D eigenvalue weighted by Crippen LogP contribution is -2.50. The SMILES string of the molecule is CC(C)CCCC(C)C1CCC2C3CC=C4CC(SSCc5cnc[nH]5)CCC4(C)C3CCC12C. The first-order valence-corrected chi connectivity index (χ1v) is 17.1. The van der Waals surface area contributed by atoms with Crippen molar-refractivity contribution in [3.63, 3.8) is 0 Å². The van der Waals surface area contributed by atoms with Crippen LogP contribution in [0.1, 0.15) is 111 Å². The minimum absolute atomic E-state index is 0.482. The molecule has 0 radical (unpaired) electrons. The van der Waals surface area contributed by atoms with E-state index in [9.17, 15) is 0 Å². The van der Waals surface area contributed by atoms with Crippen molar-refractivity contribution < 1.29 is 0 Å². The molecule has 0 aliphatic heterocycles. The number of H-pyrrole nitrogens is 1.